The van der Waals surface area contributed by atoms with E-state index in [1.807, 2.05) is 81.4 Å². The molecule has 0 radical (unpaired) electrons. The number of nitrogens with one attached hydrogen (secondary N) is 4. The number of carbonyl (C=O) groups is 3. The van der Waals surface area contributed by atoms with Crippen molar-refractivity contribution in [1.29, 1.82) is 0 Å². The van der Waals surface area contributed by atoms with E-state index in [0.29, 0.717) is 29.1 Å². The Morgan fingerprint density at radius 3 is 2.73 bits per heavy atom. The number of aromatic nitrogens is 2. The highest BCUT2D eigenvalue weighted by molar-refractivity contribution is 6.25. The van der Waals surface area contributed by atoms with Gasteiger partial charge in [0, 0.05) is 37.5 Å². The van der Waals surface area contributed by atoms with Crippen LogP contribution in [0.4, 0.5) is 10.5 Å². The number of benzene rings is 1. The van der Waals surface area contributed by atoms with Crippen molar-refractivity contribution >= 4 is 23.8 Å². The number of likely N-dealkylation sites (N-methyl/N-ethyl adjacent to an activating group) is 1. The van der Waals surface area contributed by atoms with Crippen LogP contribution < -0.4 is 16.1 Å². The number of aromatic amines is 1. The molecule has 0 aliphatic heterocycles. The molecule has 0 spiro atoms. The molecule has 2 aliphatic rings. The smallest absolute Gasteiger partial charge is 0.333 e. The number of hydrazine groups is 1. The van der Waals surface area contributed by atoms with E-state index in [-0.39, 0.29) is 18.4 Å². The summed E-state index contributed by atoms with van der Waals surface area (Å²) in [6.45, 7) is 13.7. The SMILES string of the molecule is C=CCCN(CCC)NC(=O)Nc1cccc2c1C(=O)c1c-2n[nH]c1C.CCOCCNC.O=CCOC1=CCC=CC=C1. The van der Waals surface area contributed by atoms with Gasteiger partial charge in [-0.3, -0.25) is 20.1 Å². The van der Waals surface area contributed by atoms with Gasteiger partial charge in [-0.15, -0.1) is 6.58 Å². The molecule has 1 aromatic heterocycles. The normalized spacial score (nSPS) is 12.5. The number of ether oxygens (including phenoxy) is 2. The zero-order valence-corrected chi connectivity index (χ0v) is 26.3. The fraction of sp³-hybridized carbons (Fsp3) is 0.394. The van der Waals surface area contributed by atoms with Crippen LogP contribution in [0.15, 0.2) is 67.0 Å². The number of aryl methyl sites for hydroxylation is 1. The molecule has 238 valence electrons. The van der Waals surface area contributed by atoms with Gasteiger partial charge in [0.1, 0.15) is 18.1 Å². The van der Waals surface area contributed by atoms with Crippen LogP contribution >= 0.6 is 0 Å². The highest BCUT2D eigenvalue weighted by Crippen LogP contribution is 2.40. The van der Waals surface area contributed by atoms with Gasteiger partial charge in [0.25, 0.3) is 0 Å². The summed E-state index contributed by atoms with van der Waals surface area (Å²) in [5, 5.41) is 14.7. The van der Waals surface area contributed by atoms with E-state index in [9.17, 15) is 14.4 Å². The molecule has 2 amide bonds. The lowest BCUT2D eigenvalue weighted by Gasteiger charge is -2.22. The van der Waals surface area contributed by atoms with E-state index >= 15 is 0 Å². The number of rotatable bonds is 14. The summed E-state index contributed by atoms with van der Waals surface area (Å²) in [5.74, 6) is 0.649. The van der Waals surface area contributed by atoms with Crippen molar-refractivity contribution in [3.63, 3.8) is 0 Å². The number of aldehydes is 1. The maximum absolute atomic E-state index is 12.8. The molecule has 0 atom stereocenters. The number of H-pyrrole nitrogens is 1. The van der Waals surface area contributed by atoms with Crippen molar-refractivity contribution in [3.8, 4) is 11.3 Å². The zero-order chi connectivity index (χ0) is 32.2. The molecular weight excluding hydrogens is 560 g/mol. The minimum atomic E-state index is -0.369. The number of allylic oxidation sites excluding steroid dienone is 5. The lowest BCUT2D eigenvalue weighted by Crippen LogP contribution is -2.45. The molecule has 1 aromatic carbocycles. The van der Waals surface area contributed by atoms with E-state index in [1.165, 1.54) is 0 Å². The van der Waals surface area contributed by atoms with E-state index in [1.54, 1.807) is 6.07 Å². The van der Waals surface area contributed by atoms with Crippen LogP contribution in [-0.4, -0.2) is 79.8 Å². The molecule has 4 N–H and O–H groups in total. The molecule has 2 aromatic rings. The van der Waals surface area contributed by atoms with Gasteiger partial charge in [-0.05, 0) is 58.4 Å². The number of urea groups is 1. The molecule has 0 saturated carbocycles. The average molecular weight is 607 g/mol. The van der Waals surface area contributed by atoms with Crippen molar-refractivity contribution in [3.05, 3.63) is 83.8 Å². The summed E-state index contributed by atoms with van der Waals surface area (Å²) in [6.07, 6.45) is 14.8. The molecule has 11 heteroatoms. The van der Waals surface area contributed by atoms with Gasteiger partial charge in [0.15, 0.2) is 12.1 Å². The summed E-state index contributed by atoms with van der Waals surface area (Å²) in [5.41, 5.74) is 6.51. The largest absolute Gasteiger partial charge is 0.486 e. The lowest BCUT2D eigenvalue weighted by atomic mass is 10.1. The van der Waals surface area contributed by atoms with E-state index in [0.717, 1.165) is 68.9 Å². The van der Waals surface area contributed by atoms with Gasteiger partial charge in [-0.1, -0.05) is 43.4 Å². The Balaban J connectivity index is 0.000000308. The first-order chi connectivity index (χ1) is 21.4. The topological polar surface area (TPSA) is 138 Å². The van der Waals surface area contributed by atoms with Gasteiger partial charge < -0.3 is 20.1 Å². The first-order valence-corrected chi connectivity index (χ1v) is 14.9. The van der Waals surface area contributed by atoms with Crippen LogP contribution in [-0.2, 0) is 14.3 Å². The average Bonchev–Trinajstić information content (AvgIpc) is 3.41. The maximum Gasteiger partial charge on any atom is 0.333 e. The third-order valence-corrected chi connectivity index (χ3v) is 6.31. The summed E-state index contributed by atoms with van der Waals surface area (Å²) in [7, 11) is 1.92. The van der Waals surface area contributed by atoms with Crippen molar-refractivity contribution in [1.82, 2.24) is 25.9 Å². The Labute approximate surface area is 260 Å². The minimum absolute atomic E-state index is 0.116. The van der Waals surface area contributed by atoms with E-state index in [4.69, 9.17) is 9.47 Å². The zero-order valence-electron chi connectivity index (χ0n) is 26.3. The minimum Gasteiger partial charge on any atom is -0.486 e. The van der Waals surface area contributed by atoms with Crippen LogP contribution in [0.1, 0.15) is 54.7 Å². The predicted octanol–water partition coefficient (Wildman–Crippen LogP) is 5.10. The molecule has 0 unspecified atom stereocenters. The third-order valence-electron chi connectivity index (χ3n) is 6.31. The van der Waals surface area contributed by atoms with Crippen LogP contribution in [0.25, 0.3) is 11.3 Å². The van der Waals surface area contributed by atoms with Crippen molar-refractivity contribution in [2.75, 3.05) is 51.8 Å². The fourth-order valence-corrected chi connectivity index (χ4v) is 4.28. The van der Waals surface area contributed by atoms with Crippen LogP contribution in [0.3, 0.4) is 0 Å². The molecule has 4 rings (SSSR count). The summed E-state index contributed by atoms with van der Waals surface area (Å²) in [4.78, 5) is 35.1. The first kappa shape index (κ1) is 35.9. The van der Waals surface area contributed by atoms with Gasteiger partial charge in [-0.25, -0.2) is 9.80 Å². The van der Waals surface area contributed by atoms with Gasteiger partial charge in [0.2, 0.25) is 0 Å². The van der Waals surface area contributed by atoms with Gasteiger partial charge in [0.05, 0.1) is 23.4 Å². The number of nitrogens with zero attached hydrogens (tertiary/aromatic N) is 2. The molecule has 2 aliphatic carbocycles. The molecular formula is C33H46N6O5. The van der Waals surface area contributed by atoms with Crippen LogP contribution in [0.5, 0.6) is 0 Å². The Bertz CT molecular complexity index is 1310. The number of anilines is 1. The number of amides is 2. The maximum atomic E-state index is 12.8. The van der Waals surface area contributed by atoms with Crippen LogP contribution in [0, 0.1) is 6.92 Å². The van der Waals surface area contributed by atoms with E-state index in [2.05, 4.69) is 32.8 Å². The fourth-order valence-electron chi connectivity index (χ4n) is 4.28. The second kappa shape index (κ2) is 20.6. The highest BCUT2D eigenvalue weighted by Gasteiger charge is 2.33. The predicted molar refractivity (Wildman–Crippen MR) is 174 cm³/mol. The second-order valence-electron chi connectivity index (χ2n) is 9.67. The summed E-state index contributed by atoms with van der Waals surface area (Å²) in [6, 6.07) is 5.01. The Morgan fingerprint density at radius 1 is 1.20 bits per heavy atom. The number of fused-ring (bicyclic) bond motifs is 3. The Hall–Kier alpha value is -4.32. The Kier molecular flexibility index (Phi) is 16.8. The third kappa shape index (κ3) is 11.4. The van der Waals surface area contributed by atoms with Gasteiger partial charge >= 0.3 is 6.03 Å². The summed E-state index contributed by atoms with van der Waals surface area (Å²) < 4.78 is 10.1. The molecule has 0 bridgehead atoms. The molecule has 11 nitrogen and oxygen atoms in total. The number of hydrogen-bond acceptors (Lipinski definition) is 8. The number of hydrogen-bond donors (Lipinski definition) is 4. The second-order valence-corrected chi connectivity index (χ2v) is 9.67. The van der Waals surface area contributed by atoms with Crippen molar-refractivity contribution < 1.29 is 23.9 Å². The Morgan fingerprint density at radius 2 is 2.02 bits per heavy atom. The van der Waals surface area contributed by atoms with Gasteiger partial charge in [-0.2, -0.15) is 5.10 Å². The molecule has 0 fully saturated rings. The lowest BCUT2D eigenvalue weighted by molar-refractivity contribution is -0.110. The molecule has 0 saturated heterocycles. The molecule has 44 heavy (non-hydrogen) atoms. The monoisotopic (exact) mass is 606 g/mol. The highest BCUT2D eigenvalue weighted by atomic mass is 16.5. The molecule has 1 heterocycles. The first-order valence-electron chi connectivity index (χ1n) is 14.9. The van der Waals surface area contributed by atoms with Crippen LogP contribution in [0.2, 0.25) is 0 Å². The van der Waals surface area contributed by atoms with E-state index < -0.39 is 0 Å². The number of carbonyl (C=O) groups excluding carboxylic acids is 3. The van der Waals surface area contributed by atoms with Crippen molar-refractivity contribution in [2.45, 2.75) is 40.0 Å². The quantitative estimate of drug-likeness (QED) is 0.0861. The van der Waals surface area contributed by atoms with Crippen molar-refractivity contribution in [2.24, 2.45) is 0 Å². The number of ketones is 1. The standard InChI is InChI=1S/C19H23N5O2.C9H10O2.C5H13NO/c1-4-6-11-24(10-5-2)23-19(26)20-14-9-7-8-13-16(14)18(25)15-12(3)21-22-17(13)15;10-7-8-11-9-5-3-1-2-4-6-9;1-3-7-5-4-6-2/h4,7-9H,1,5-6,10-11H2,2-3H3,(H,21,22)(H2,20,23,26);1-3,5-7H,4,8H2;6H,3-5H2,1-2H3. The summed E-state index contributed by atoms with van der Waals surface area (Å²) >= 11 is 0.